The molecule has 1 saturated carbocycles. The van der Waals surface area contributed by atoms with Gasteiger partial charge in [-0.25, -0.2) is 9.37 Å². The van der Waals surface area contributed by atoms with Crippen LogP contribution in [0.1, 0.15) is 51.5 Å². The van der Waals surface area contributed by atoms with E-state index < -0.39 is 5.82 Å². The zero-order valence-corrected chi connectivity index (χ0v) is 14.6. The molecule has 24 heavy (non-hydrogen) atoms. The number of anilines is 1. The predicted molar refractivity (Wildman–Crippen MR) is 89.2 cm³/mol. The summed E-state index contributed by atoms with van der Waals surface area (Å²) in [7, 11) is 0. The van der Waals surface area contributed by atoms with Crippen molar-refractivity contribution < 1.29 is 13.9 Å². The third kappa shape index (κ3) is 4.15. The Hall–Kier alpha value is -1.87. The molecule has 1 aromatic rings. The van der Waals surface area contributed by atoms with E-state index in [9.17, 15) is 9.18 Å². The van der Waals surface area contributed by atoms with Crippen LogP contribution in [0.3, 0.4) is 0 Å². The van der Waals surface area contributed by atoms with E-state index in [1.54, 1.807) is 13.0 Å². The van der Waals surface area contributed by atoms with Gasteiger partial charge in [-0.2, -0.15) is 5.26 Å². The molecule has 1 heterocycles. The molecule has 0 radical (unpaired) electrons. The second kappa shape index (κ2) is 7.80. The third-order valence-corrected chi connectivity index (χ3v) is 4.91. The number of nitrogens with one attached hydrogen (secondary N) is 1. The molecule has 0 spiro atoms. The van der Waals surface area contributed by atoms with Gasteiger partial charge in [0.05, 0.1) is 18.6 Å². The van der Waals surface area contributed by atoms with Crippen LogP contribution in [0.2, 0.25) is 5.15 Å². The van der Waals surface area contributed by atoms with Gasteiger partial charge in [0.1, 0.15) is 11.2 Å². The number of hydrogen-bond donors (Lipinski definition) is 1. The molecule has 1 atom stereocenters. The zero-order valence-electron chi connectivity index (χ0n) is 13.9. The number of nitrogens with zero attached hydrogens (tertiary/aromatic N) is 2. The number of aromatic nitrogens is 1. The van der Waals surface area contributed by atoms with Crippen molar-refractivity contribution in [3.05, 3.63) is 22.6 Å². The maximum absolute atomic E-state index is 14.2. The molecule has 5 nitrogen and oxygen atoms in total. The first-order chi connectivity index (χ1) is 11.4. The molecular weight excluding hydrogens is 333 g/mol. The topological polar surface area (TPSA) is 75.0 Å². The van der Waals surface area contributed by atoms with E-state index >= 15 is 0 Å². The minimum absolute atomic E-state index is 0.0197. The highest BCUT2D eigenvalue weighted by Crippen LogP contribution is 2.43. The van der Waals surface area contributed by atoms with E-state index in [-0.39, 0.29) is 40.4 Å². The number of esters is 1. The Morgan fingerprint density at radius 3 is 2.83 bits per heavy atom. The van der Waals surface area contributed by atoms with Crippen LogP contribution >= 0.6 is 11.6 Å². The lowest BCUT2D eigenvalue weighted by molar-refractivity contribution is -0.144. The summed E-state index contributed by atoms with van der Waals surface area (Å²) < 4.78 is 19.3. The van der Waals surface area contributed by atoms with Crippen molar-refractivity contribution in [3.8, 4) is 6.07 Å². The number of halogens is 2. The Bertz CT molecular complexity index is 654. The van der Waals surface area contributed by atoms with Crippen molar-refractivity contribution in [1.29, 1.82) is 5.26 Å². The lowest BCUT2D eigenvalue weighted by Gasteiger charge is -2.34. The highest BCUT2D eigenvalue weighted by atomic mass is 35.5. The Morgan fingerprint density at radius 1 is 1.58 bits per heavy atom. The van der Waals surface area contributed by atoms with Crippen molar-refractivity contribution in [2.45, 2.75) is 52.0 Å². The van der Waals surface area contributed by atoms with Crippen LogP contribution < -0.4 is 5.32 Å². The fourth-order valence-corrected chi connectivity index (χ4v) is 3.38. The first-order valence-electron chi connectivity index (χ1n) is 8.08. The van der Waals surface area contributed by atoms with Gasteiger partial charge in [0.15, 0.2) is 11.6 Å². The summed E-state index contributed by atoms with van der Waals surface area (Å²) in [6.45, 7) is 4.14. The van der Waals surface area contributed by atoms with Gasteiger partial charge in [-0.05, 0) is 31.2 Å². The number of carbonyl (C=O) groups is 1. The molecule has 0 aliphatic heterocycles. The average Bonchev–Trinajstić information content (AvgIpc) is 2.98. The van der Waals surface area contributed by atoms with Gasteiger partial charge in [-0.3, -0.25) is 4.79 Å². The van der Waals surface area contributed by atoms with E-state index in [1.807, 2.05) is 0 Å². The molecular formula is C17H21ClFN3O2. The molecule has 0 amide bonds. The monoisotopic (exact) mass is 353 g/mol. The first kappa shape index (κ1) is 18.5. The van der Waals surface area contributed by atoms with E-state index in [1.165, 1.54) is 0 Å². The molecule has 1 aliphatic carbocycles. The Labute approximate surface area is 146 Å². The van der Waals surface area contributed by atoms with Gasteiger partial charge in [0, 0.05) is 6.04 Å². The fraction of sp³-hybridized carbons (Fsp3) is 0.588. The van der Waals surface area contributed by atoms with Gasteiger partial charge in [-0.15, -0.1) is 0 Å². The van der Waals surface area contributed by atoms with Crippen LogP contribution in [0, 0.1) is 22.6 Å². The van der Waals surface area contributed by atoms with Crippen molar-refractivity contribution in [3.63, 3.8) is 0 Å². The van der Waals surface area contributed by atoms with Gasteiger partial charge >= 0.3 is 5.97 Å². The molecule has 1 aromatic heterocycles. The number of pyridine rings is 1. The van der Waals surface area contributed by atoms with Crippen LogP contribution in [-0.4, -0.2) is 23.6 Å². The van der Waals surface area contributed by atoms with Crippen molar-refractivity contribution in [2.24, 2.45) is 5.41 Å². The molecule has 0 unspecified atom stereocenters. The predicted octanol–water partition coefficient (Wildman–Crippen LogP) is 4.06. The van der Waals surface area contributed by atoms with Gasteiger partial charge in [-0.1, -0.05) is 31.4 Å². The molecule has 0 saturated heterocycles. The van der Waals surface area contributed by atoms with Gasteiger partial charge < -0.3 is 10.1 Å². The Balaban J connectivity index is 2.26. The van der Waals surface area contributed by atoms with Crippen LogP contribution in [0.4, 0.5) is 10.2 Å². The second-order valence-corrected chi connectivity index (χ2v) is 6.69. The average molecular weight is 354 g/mol. The van der Waals surface area contributed by atoms with Gasteiger partial charge in [0.25, 0.3) is 0 Å². The molecule has 2 rings (SSSR count). The number of nitriles is 1. The second-order valence-electron chi connectivity index (χ2n) is 6.34. The third-order valence-electron chi connectivity index (χ3n) is 4.62. The lowest BCUT2D eigenvalue weighted by atomic mass is 9.79. The molecule has 1 aliphatic rings. The molecule has 0 aromatic carbocycles. The summed E-state index contributed by atoms with van der Waals surface area (Å²) in [4.78, 5) is 15.9. The minimum Gasteiger partial charge on any atom is -0.466 e. The van der Waals surface area contributed by atoms with Gasteiger partial charge in [0.2, 0.25) is 0 Å². The van der Waals surface area contributed by atoms with E-state index in [0.29, 0.717) is 6.61 Å². The van der Waals surface area contributed by atoms with Crippen molar-refractivity contribution in [2.75, 3.05) is 11.9 Å². The molecule has 0 bridgehead atoms. The Morgan fingerprint density at radius 2 is 2.25 bits per heavy atom. The summed E-state index contributed by atoms with van der Waals surface area (Å²) in [6.07, 6.45) is 4.15. The van der Waals surface area contributed by atoms with E-state index in [4.69, 9.17) is 21.6 Å². The summed E-state index contributed by atoms with van der Waals surface area (Å²) in [6, 6.07) is 2.53. The van der Waals surface area contributed by atoms with E-state index in [2.05, 4.69) is 17.2 Å². The SMILES string of the molecule is CCOC(=O)C[C@@H](Nc1nc(Cl)c(C#N)cc1F)C1(C)CCCC1. The van der Waals surface area contributed by atoms with Crippen LogP contribution in [0.15, 0.2) is 6.07 Å². The van der Waals surface area contributed by atoms with Crippen LogP contribution in [-0.2, 0) is 9.53 Å². The summed E-state index contributed by atoms with van der Waals surface area (Å²) in [5, 5.41) is 11.9. The maximum atomic E-state index is 14.2. The molecule has 1 N–H and O–H groups in total. The minimum atomic E-state index is -0.661. The highest BCUT2D eigenvalue weighted by Gasteiger charge is 2.39. The number of carbonyl (C=O) groups excluding carboxylic acids is 1. The smallest absolute Gasteiger partial charge is 0.307 e. The number of hydrogen-bond acceptors (Lipinski definition) is 5. The highest BCUT2D eigenvalue weighted by molar-refractivity contribution is 6.30. The fourth-order valence-electron chi connectivity index (χ4n) is 3.20. The Kier molecular flexibility index (Phi) is 6.00. The summed E-state index contributed by atoms with van der Waals surface area (Å²) in [5.74, 6) is -1.03. The standard InChI is InChI=1S/C17H21ClFN3O2/c1-3-24-14(23)9-13(17(2)6-4-5-7-17)21-16-12(19)8-11(10-20)15(18)22-16/h8,13H,3-7,9H2,1-2H3,(H,21,22)/t13-/m1/s1. The quantitative estimate of drug-likeness (QED) is 0.616. The van der Waals surface area contributed by atoms with Crippen molar-refractivity contribution >= 4 is 23.4 Å². The molecule has 1 fully saturated rings. The normalized spacial score (nSPS) is 17.1. The number of ether oxygens (including phenoxy) is 1. The van der Waals surface area contributed by atoms with Crippen LogP contribution in [0.5, 0.6) is 0 Å². The largest absolute Gasteiger partial charge is 0.466 e. The first-order valence-corrected chi connectivity index (χ1v) is 8.45. The lowest BCUT2D eigenvalue weighted by Crippen LogP contribution is -2.39. The van der Waals surface area contributed by atoms with Crippen LogP contribution in [0.25, 0.3) is 0 Å². The van der Waals surface area contributed by atoms with Crippen molar-refractivity contribution in [1.82, 2.24) is 4.98 Å². The van der Waals surface area contributed by atoms with E-state index in [0.717, 1.165) is 31.7 Å². The zero-order chi connectivity index (χ0) is 17.7. The molecule has 7 heteroatoms. The molecule has 130 valence electrons. The summed E-state index contributed by atoms with van der Waals surface area (Å²) in [5.41, 5.74) is -0.171. The maximum Gasteiger partial charge on any atom is 0.307 e. The number of rotatable bonds is 6. The summed E-state index contributed by atoms with van der Waals surface area (Å²) >= 11 is 5.90.